The summed E-state index contributed by atoms with van der Waals surface area (Å²) in [5.41, 5.74) is 5.62. The molecule has 0 atom stereocenters. The fourth-order valence-electron chi connectivity index (χ4n) is 3.91. The second-order valence-electron chi connectivity index (χ2n) is 7.48. The Morgan fingerprint density at radius 3 is 2.52 bits per heavy atom. The van der Waals surface area contributed by atoms with Crippen LogP contribution in [0, 0.1) is 11.3 Å². The van der Waals surface area contributed by atoms with E-state index >= 15 is 0 Å². The van der Waals surface area contributed by atoms with Gasteiger partial charge in [0.2, 0.25) is 0 Å². The quantitative estimate of drug-likeness (QED) is 0.344. The van der Waals surface area contributed by atoms with E-state index in [4.69, 9.17) is 9.47 Å². The van der Waals surface area contributed by atoms with E-state index in [1.807, 2.05) is 54.0 Å². The van der Waals surface area contributed by atoms with Gasteiger partial charge in [0.05, 0.1) is 41.4 Å². The Labute approximate surface area is 193 Å². The van der Waals surface area contributed by atoms with E-state index in [1.165, 1.54) is 0 Å². The molecule has 1 heterocycles. The number of rotatable bonds is 8. The van der Waals surface area contributed by atoms with E-state index < -0.39 is 0 Å². The molecule has 0 unspecified atom stereocenters. The fourth-order valence-corrected chi connectivity index (χ4v) is 3.91. The maximum Gasteiger partial charge on any atom is 0.340 e. The number of nitriles is 1. The fraction of sp³-hybridized carbons (Fsp3) is 0.222. The number of fused-ring (bicyclic) bond motifs is 1. The van der Waals surface area contributed by atoms with E-state index in [9.17, 15) is 10.1 Å². The summed E-state index contributed by atoms with van der Waals surface area (Å²) in [7, 11) is 0. The maximum atomic E-state index is 12.5. The highest BCUT2D eigenvalue weighted by Gasteiger charge is 2.19. The first-order valence-electron chi connectivity index (χ1n) is 11.0. The van der Waals surface area contributed by atoms with Crippen molar-refractivity contribution in [2.75, 3.05) is 13.2 Å². The van der Waals surface area contributed by atoms with Gasteiger partial charge in [-0.25, -0.2) is 4.79 Å². The molecule has 1 aromatic heterocycles. The molecule has 0 N–H and O–H groups in total. The van der Waals surface area contributed by atoms with Crippen molar-refractivity contribution in [1.82, 2.24) is 9.55 Å². The summed E-state index contributed by atoms with van der Waals surface area (Å²) in [6, 6.07) is 24.0. The Hall–Kier alpha value is -4.11. The van der Waals surface area contributed by atoms with Crippen molar-refractivity contribution in [3.8, 4) is 23.2 Å². The molecule has 0 aliphatic rings. The van der Waals surface area contributed by atoms with E-state index in [2.05, 4.69) is 23.2 Å². The number of imidazole rings is 1. The van der Waals surface area contributed by atoms with Crippen molar-refractivity contribution < 1.29 is 14.3 Å². The Kier molecular flexibility index (Phi) is 6.70. The van der Waals surface area contributed by atoms with Crippen molar-refractivity contribution in [3.05, 3.63) is 83.4 Å². The summed E-state index contributed by atoms with van der Waals surface area (Å²) >= 11 is 0. The van der Waals surface area contributed by atoms with Crippen LogP contribution in [-0.2, 0) is 17.7 Å². The molecule has 0 radical (unpaired) electrons. The Bertz CT molecular complexity index is 1320. The van der Waals surface area contributed by atoms with Gasteiger partial charge in [-0.3, -0.25) is 4.57 Å². The van der Waals surface area contributed by atoms with Crippen LogP contribution in [0.2, 0.25) is 0 Å². The van der Waals surface area contributed by atoms with Gasteiger partial charge in [-0.1, -0.05) is 48.5 Å². The van der Waals surface area contributed by atoms with Crippen LogP contribution in [0.15, 0.2) is 66.7 Å². The van der Waals surface area contributed by atoms with Gasteiger partial charge in [0, 0.05) is 6.54 Å². The number of carbonyl (C=O) groups excluding carboxylic acids is 1. The van der Waals surface area contributed by atoms with Crippen molar-refractivity contribution in [3.63, 3.8) is 0 Å². The summed E-state index contributed by atoms with van der Waals surface area (Å²) in [6.07, 6.45) is 0.725. The molecule has 0 saturated carbocycles. The minimum Gasteiger partial charge on any atom is -0.465 e. The predicted octanol–water partition coefficient (Wildman–Crippen LogP) is 5.39. The third-order valence-corrected chi connectivity index (χ3v) is 5.44. The number of nitrogens with zero attached hydrogens (tertiary/aromatic N) is 3. The van der Waals surface area contributed by atoms with Crippen LogP contribution in [0.25, 0.3) is 22.2 Å². The molecule has 0 bridgehead atoms. The normalized spacial score (nSPS) is 10.7. The van der Waals surface area contributed by atoms with E-state index in [-0.39, 0.29) is 5.97 Å². The van der Waals surface area contributed by atoms with Gasteiger partial charge >= 0.3 is 5.97 Å². The molecule has 0 fully saturated rings. The van der Waals surface area contributed by atoms with Crippen molar-refractivity contribution >= 4 is 17.0 Å². The summed E-state index contributed by atoms with van der Waals surface area (Å²) < 4.78 is 13.0. The zero-order chi connectivity index (χ0) is 23.2. The SMILES string of the molecule is CCOC(=O)c1cccc2nc(OCC)n(CCc3ccc(-c4ccccc4C#N)cc3)c12. The summed E-state index contributed by atoms with van der Waals surface area (Å²) in [4.78, 5) is 17.1. The summed E-state index contributed by atoms with van der Waals surface area (Å²) in [5, 5.41) is 9.37. The number of aromatic nitrogens is 2. The molecule has 4 aromatic rings. The van der Waals surface area contributed by atoms with Crippen LogP contribution in [0.3, 0.4) is 0 Å². The van der Waals surface area contributed by atoms with Gasteiger partial charge in [0.1, 0.15) is 0 Å². The van der Waals surface area contributed by atoms with Crippen LogP contribution in [0.1, 0.15) is 35.3 Å². The summed E-state index contributed by atoms with van der Waals surface area (Å²) in [6.45, 7) is 5.08. The number of hydrogen-bond acceptors (Lipinski definition) is 5. The average molecular weight is 440 g/mol. The Morgan fingerprint density at radius 1 is 1.00 bits per heavy atom. The number of carbonyl (C=O) groups is 1. The number of ether oxygens (including phenoxy) is 2. The van der Waals surface area contributed by atoms with Crippen LogP contribution in [-0.4, -0.2) is 28.7 Å². The molecule has 166 valence electrons. The molecule has 0 saturated heterocycles. The molecular formula is C27H25N3O3. The van der Waals surface area contributed by atoms with Crippen LogP contribution in [0.4, 0.5) is 0 Å². The maximum absolute atomic E-state index is 12.5. The van der Waals surface area contributed by atoms with E-state index in [0.717, 1.165) is 28.6 Å². The lowest BCUT2D eigenvalue weighted by Crippen LogP contribution is -2.10. The number of benzene rings is 3. The highest BCUT2D eigenvalue weighted by molar-refractivity contribution is 6.02. The lowest BCUT2D eigenvalue weighted by atomic mass is 9.99. The third-order valence-electron chi connectivity index (χ3n) is 5.44. The number of hydrogen-bond donors (Lipinski definition) is 0. The predicted molar refractivity (Wildman–Crippen MR) is 127 cm³/mol. The average Bonchev–Trinajstić information content (AvgIpc) is 3.20. The first-order chi connectivity index (χ1) is 16.2. The molecule has 0 aliphatic carbocycles. The lowest BCUT2D eigenvalue weighted by molar-refractivity contribution is 0.0528. The molecule has 6 heteroatoms. The lowest BCUT2D eigenvalue weighted by Gasteiger charge is -2.12. The van der Waals surface area contributed by atoms with Crippen molar-refractivity contribution in [1.29, 1.82) is 5.26 Å². The van der Waals surface area contributed by atoms with Gasteiger partial charge < -0.3 is 9.47 Å². The second-order valence-corrected chi connectivity index (χ2v) is 7.48. The molecule has 0 spiro atoms. The molecule has 4 rings (SSSR count). The molecule has 0 aliphatic heterocycles. The zero-order valence-electron chi connectivity index (χ0n) is 18.7. The minimum absolute atomic E-state index is 0.308. The Balaban J connectivity index is 1.63. The standard InChI is InChI=1S/C27H25N3O3/c1-3-32-26(31)23-10-7-11-24-25(23)30(27(29-24)33-4-2)17-16-19-12-14-20(15-13-19)22-9-6-5-8-21(22)18-28/h5-15H,3-4,16-17H2,1-2H3. The van der Waals surface area contributed by atoms with Crippen molar-refractivity contribution in [2.24, 2.45) is 0 Å². The van der Waals surface area contributed by atoms with Crippen molar-refractivity contribution in [2.45, 2.75) is 26.8 Å². The van der Waals surface area contributed by atoms with Crippen LogP contribution >= 0.6 is 0 Å². The van der Waals surface area contributed by atoms with Gasteiger partial charge in [-0.15, -0.1) is 0 Å². The zero-order valence-corrected chi connectivity index (χ0v) is 18.7. The smallest absolute Gasteiger partial charge is 0.340 e. The third kappa shape index (κ3) is 4.58. The second kappa shape index (κ2) is 10.0. The largest absolute Gasteiger partial charge is 0.465 e. The highest BCUT2D eigenvalue weighted by Crippen LogP contribution is 2.27. The first kappa shape index (κ1) is 22.1. The van der Waals surface area contributed by atoms with Gasteiger partial charge in [-0.2, -0.15) is 10.2 Å². The molecule has 0 amide bonds. The van der Waals surface area contributed by atoms with E-state index in [1.54, 1.807) is 19.1 Å². The van der Waals surface area contributed by atoms with Crippen LogP contribution in [0.5, 0.6) is 6.01 Å². The molecular weight excluding hydrogens is 414 g/mol. The van der Waals surface area contributed by atoms with Gasteiger partial charge in [-0.05, 0) is 55.2 Å². The number of aryl methyl sites for hydroxylation is 2. The first-order valence-corrected chi connectivity index (χ1v) is 11.0. The highest BCUT2D eigenvalue weighted by atomic mass is 16.5. The minimum atomic E-state index is -0.368. The Morgan fingerprint density at radius 2 is 1.79 bits per heavy atom. The number of esters is 1. The number of para-hydroxylation sites is 1. The van der Waals surface area contributed by atoms with E-state index in [0.29, 0.717) is 42.4 Å². The van der Waals surface area contributed by atoms with Gasteiger partial charge in [0.15, 0.2) is 0 Å². The topological polar surface area (TPSA) is 77.1 Å². The van der Waals surface area contributed by atoms with Crippen LogP contribution < -0.4 is 4.74 Å². The molecule has 6 nitrogen and oxygen atoms in total. The molecule has 33 heavy (non-hydrogen) atoms. The van der Waals surface area contributed by atoms with Gasteiger partial charge in [0.25, 0.3) is 6.01 Å². The monoisotopic (exact) mass is 439 g/mol. The molecule has 3 aromatic carbocycles. The summed E-state index contributed by atoms with van der Waals surface area (Å²) in [5.74, 6) is -0.368.